The zero-order chi connectivity index (χ0) is 10.1. The summed E-state index contributed by atoms with van der Waals surface area (Å²) >= 11 is 0. The summed E-state index contributed by atoms with van der Waals surface area (Å²) in [5.41, 5.74) is 2.88. The van der Waals surface area contributed by atoms with Gasteiger partial charge < -0.3 is 0 Å². The lowest BCUT2D eigenvalue weighted by molar-refractivity contribution is 0.439. The first-order valence-electron chi connectivity index (χ1n) is 5.01. The number of hydrazine groups is 1. The molecule has 78 valence electrons. The molecule has 3 atom stereocenters. The number of hydrogen-bond donors (Lipinski definition) is 2. The fraction of sp³-hybridized carbons (Fsp3) is 0.778. The first kappa shape index (κ1) is 9.61. The smallest absolute Gasteiger partial charge is 0.138 e. The van der Waals surface area contributed by atoms with Gasteiger partial charge in [-0.3, -0.25) is 16.0 Å². The molecule has 1 aliphatic rings. The van der Waals surface area contributed by atoms with Crippen LogP contribution < -0.4 is 11.3 Å². The van der Waals surface area contributed by atoms with Crippen LogP contribution in [0.1, 0.15) is 19.2 Å². The third-order valence-corrected chi connectivity index (χ3v) is 3.11. The lowest BCUT2D eigenvalue weighted by Gasteiger charge is -2.14. The summed E-state index contributed by atoms with van der Waals surface area (Å²) in [5, 5.41) is 4.04. The topological polar surface area (TPSA) is 68.8 Å². The fourth-order valence-corrected chi connectivity index (χ4v) is 1.95. The van der Waals surface area contributed by atoms with E-state index in [1.54, 1.807) is 11.0 Å². The normalized spacial score (nSPS) is 27.6. The average Bonchev–Trinajstić information content (AvgIpc) is 2.74. The molecular formula is C9H17N5. The molecule has 0 bridgehead atoms. The Bertz CT molecular complexity index is 308. The fourth-order valence-electron chi connectivity index (χ4n) is 1.95. The van der Waals surface area contributed by atoms with E-state index in [9.17, 15) is 0 Å². The third-order valence-electron chi connectivity index (χ3n) is 3.11. The molecule has 2 rings (SSSR count). The van der Waals surface area contributed by atoms with Crippen molar-refractivity contribution >= 4 is 0 Å². The average molecular weight is 195 g/mol. The highest BCUT2D eigenvalue weighted by Crippen LogP contribution is 2.41. The molecule has 3 unspecified atom stereocenters. The van der Waals surface area contributed by atoms with Gasteiger partial charge in [0.15, 0.2) is 0 Å². The van der Waals surface area contributed by atoms with Crippen molar-refractivity contribution in [1.82, 2.24) is 20.2 Å². The van der Waals surface area contributed by atoms with Crippen LogP contribution in [0.15, 0.2) is 6.33 Å². The number of hydrogen-bond acceptors (Lipinski definition) is 4. The molecular weight excluding hydrogens is 178 g/mol. The van der Waals surface area contributed by atoms with Crippen LogP contribution in [-0.4, -0.2) is 20.8 Å². The molecule has 0 spiro atoms. The lowest BCUT2D eigenvalue weighted by Crippen LogP contribution is -2.39. The summed E-state index contributed by atoms with van der Waals surface area (Å²) in [6.45, 7) is 2.26. The number of rotatable bonds is 4. The molecule has 0 amide bonds. The van der Waals surface area contributed by atoms with E-state index in [1.807, 2.05) is 7.05 Å². The predicted octanol–water partition coefficient (Wildman–Crippen LogP) is -0.154. The highest BCUT2D eigenvalue weighted by molar-refractivity contribution is 4.98. The van der Waals surface area contributed by atoms with Gasteiger partial charge in [-0.1, -0.05) is 6.92 Å². The van der Waals surface area contributed by atoms with Gasteiger partial charge in [0.1, 0.15) is 12.2 Å². The Labute approximate surface area is 83.7 Å². The Hall–Kier alpha value is -0.940. The van der Waals surface area contributed by atoms with Crippen molar-refractivity contribution in [2.45, 2.75) is 25.8 Å². The maximum Gasteiger partial charge on any atom is 0.138 e. The Morgan fingerprint density at radius 1 is 1.79 bits per heavy atom. The van der Waals surface area contributed by atoms with Crippen molar-refractivity contribution < 1.29 is 0 Å². The second-order valence-corrected chi connectivity index (χ2v) is 4.15. The maximum atomic E-state index is 5.54. The number of aryl methyl sites for hydroxylation is 1. The van der Waals surface area contributed by atoms with E-state index >= 15 is 0 Å². The number of aromatic nitrogens is 3. The molecule has 5 heteroatoms. The molecule has 0 aromatic carbocycles. The van der Waals surface area contributed by atoms with E-state index in [1.165, 1.54) is 6.42 Å². The molecule has 1 heterocycles. The van der Waals surface area contributed by atoms with Crippen LogP contribution in [0.2, 0.25) is 0 Å². The zero-order valence-electron chi connectivity index (χ0n) is 8.64. The van der Waals surface area contributed by atoms with Gasteiger partial charge in [-0.2, -0.15) is 5.10 Å². The van der Waals surface area contributed by atoms with Gasteiger partial charge in [-0.25, -0.2) is 4.98 Å². The summed E-state index contributed by atoms with van der Waals surface area (Å²) < 4.78 is 1.80. The minimum absolute atomic E-state index is 0.341. The van der Waals surface area contributed by atoms with Gasteiger partial charge in [0, 0.05) is 19.5 Å². The van der Waals surface area contributed by atoms with Crippen molar-refractivity contribution in [1.29, 1.82) is 0 Å². The molecule has 1 aromatic heterocycles. The largest absolute Gasteiger partial charge is 0.271 e. The summed E-state index contributed by atoms with van der Waals surface area (Å²) in [6.07, 6.45) is 3.72. The molecule has 0 aliphatic heterocycles. The van der Waals surface area contributed by atoms with Gasteiger partial charge >= 0.3 is 0 Å². The zero-order valence-corrected chi connectivity index (χ0v) is 8.64. The van der Waals surface area contributed by atoms with Crippen LogP contribution in [0.25, 0.3) is 0 Å². The van der Waals surface area contributed by atoms with Crippen LogP contribution in [0.4, 0.5) is 0 Å². The summed E-state index contributed by atoms with van der Waals surface area (Å²) in [6, 6.07) is 0.341. The van der Waals surface area contributed by atoms with Gasteiger partial charge in [-0.15, -0.1) is 0 Å². The maximum absolute atomic E-state index is 5.54. The van der Waals surface area contributed by atoms with Crippen molar-refractivity contribution in [3.8, 4) is 0 Å². The highest BCUT2D eigenvalue weighted by atomic mass is 15.3. The van der Waals surface area contributed by atoms with Crippen LogP contribution in [-0.2, 0) is 13.5 Å². The van der Waals surface area contributed by atoms with E-state index in [2.05, 4.69) is 22.4 Å². The van der Waals surface area contributed by atoms with Gasteiger partial charge in [0.05, 0.1) is 0 Å². The Morgan fingerprint density at radius 3 is 2.93 bits per heavy atom. The molecule has 3 N–H and O–H groups in total. The van der Waals surface area contributed by atoms with E-state index in [0.717, 1.165) is 18.2 Å². The molecule has 0 radical (unpaired) electrons. The first-order valence-corrected chi connectivity index (χ1v) is 5.01. The minimum Gasteiger partial charge on any atom is -0.271 e. The van der Waals surface area contributed by atoms with Crippen LogP contribution in [0, 0.1) is 11.8 Å². The Balaban J connectivity index is 1.98. The van der Waals surface area contributed by atoms with E-state index < -0.39 is 0 Å². The van der Waals surface area contributed by atoms with Crippen LogP contribution >= 0.6 is 0 Å². The van der Waals surface area contributed by atoms with E-state index in [0.29, 0.717) is 12.0 Å². The van der Waals surface area contributed by atoms with Crippen LogP contribution in [0.3, 0.4) is 0 Å². The second-order valence-electron chi connectivity index (χ2n) is 4.15. The van der Waals surface area contributed by atoms with Crippen molar-refractivity contribution in [3.05, 3.63) is 12.2 Å². The Kier molecular flexibility index (Phi) is 2.52. The van der Waals surface area contributed by atoms with Crippen molar-refractivity contribution in [2.75, 3.05) is 0 Å². The monoisotopic (exact) mass is 195 g/mol. The quantitative estimate of drug-likeness (QED) is 0.517. The molecule has 1 saturated carbocycles. The molecule has 1 aliphatic carbocycles. The molecule has 14 heavy (non-hydrogen) atoms. The molecule has 1 fully saturated rings. The molecule has 5 nitrogen and oxygen atoms in total. The predicted molar refractivity (Wildman–Crippen MR) is 53.1 cm³/mol. The third kappa shape index (κ3) is 1.78. The summed E-state index contributed by atoms with van der Waals surface area (Å²) in [4.78, 5) is 4.20. The lowest BCUT2D eigenvalue weighted by atomic mass is 10.1. The standard InChI is InChI=1S/C9H17N5/c1-6-3-7(6)8(13-10)4-9-11-5-12-14(9)2/h5-8,13H,3-4,10H2,1-2H3. The van der Waals surface area contributed by atoms with Gasteiger partial charge in [0.25, 0.3) is 0 Å². The SMILES string of the molecule is CC1CC1C(Cc1ncnn1C)NN. The van der Waals surface area contributed by atoms with Crippen molar-refractivity contribution in [2.24, 2.45) is 24.7 Å². The molecule has 0 saturated heterocycles. The number of nitrogens with two attached hydrogens (primary N) is 1. The van der Waals surface area contributed by atoms with Crippen LogP contribution in [0.5, 0.6) is 0 Å². The number of nitrogens with zero attached hydrogens (tertiary/aromatic N) is 3. The molecule has 1 aromatic rings. The first-order chi connectivity index (χ1) is 6.72. The van der Waals surface area contributed by atoms with Gasteiger partial charge in [-0.05, 0) is 18.3 Å². The summed E-state index contributed by atoms with van der Waals surface area (Å²) in [5.74, 6) is 8.03. The minimum atomic E-state index is 0.341. The van der Waals surface area contributed by atoms with Crippen molar-refractivity contribution in [3.63, 3.8) is 0 Å². The Morgan fingerprint density at radius 2 is 2.50 bits per heavy atom. The van der Waals surface area contributed by atoms with E-state index in [4.69, 9.17) is 5.84 Å². The number of nitrogens with one attached hydrogen (secondary N) is 1. The van der Waals surface area contributed by atoms with E-state index in [-0.39, 0.29) is 0 Å². The highest BCUT2D eigenvalue weighted by Gasteiger charge is 2.39. The van der Waals surface area contributed by atoms with Gasteiger partial charge in [0.2, 0.25) is 0 Å². The second kappa shape index (κ2) is 3.67. The summed E-state index contributed by atoms with van der Waals surface area (Å²) in [7, 11) is 1.91.